The van der Waals surface area contributed by atoms with Gasteiger partial charge in [0.1, 0.15) is 0 Å². The van der Waals surface area contributed by atoms with Crippen LogP contribution in [-0.4, -0.2) is 45.7 Å². The van der Waals surface area contributed by atoms with E-state index >= 15 is 0 Å². The van der Waals surface area contributed by atoms with Crippen LogP contribution in [0.3, 0.4) is 0 Å². The van der Waals surface area contributed by atoms with E-state index in [-0.39, 0.29) is 18.0 Å². The van der Waals surface area contributed by atoms with Gasteiger partial charge in [0.2, 0.25) is 10.0 Å². The number of sulfone groups is 1. The van der Waals surface area contributed by atoms with E-state index in [9.17, 15) is 16.8 Å². The molecule has 0 bridgehead atoms. The van der Waals surface area contributed by atoms with Gasteiger partial charge in [-0.15, -0.1) is 0 Å². The average molecular weight is 317 g/mol. The van der Waals surface area contributed by atoms with E-state index in [2.05, 4.69) is 0 Å². The summed E-state index contributed by atoms with van der Waals surface area (Å²) in [6, 6.07) is 6.75. The predicted molar refractivity (Wildman–Crippen MR) is 77.8 cm³/mol. The van der Waals surface area contributed by atoms with Crippen LogP contribution in [-0.2, 0) is 26.3 Å². The number of nitrogens with zero attached hydrogens (tertiary/aromatic N) is 1. The molecule has 2 rings (SSSR count). The van der Waals surface area contributed by atoms with Crippen LogP contribution < -0.4 is 0 Å². The first-order chi connectivity index (χ1) is 9.25. The maximum Gasteiger partial charge on any atom is 0.243 e. The average Bonchev–Trinajstić information content (AvgIpc) is 2.89. The van der Waals surface area contributed by atoms with Crippen molar-refractivity contribution in [3.05, 3.63) is 29.8 Å². The molecule has 1 aliphatic rings. The van der Waals surface area contributed by atoms with E-state index < -0.39 is 25.1 Å². The molecule has 0 aliphatic carbocycles. The van der Waals surface area contributed by atoms with Crippen molar-refractivity contribution in [2.45, 2.75) is 29.9 Å². The van der Waals surface area contributed by atoms with Gasteiger partial charge in [-0.25, -0.2) is 16.8 Å². The van der Waals surface area contributed by atoms with Crippen LogP contribution in [0.4, 0.5) is 0 Å². The summed E-state index contributed by atoms with van der Waals surface area (Å²) in [5.41, 5.74) is 1.07. The Morgan fingerprint density at radius 1 is 1.15 bits per heavy atom. The van der Waals surface area contributed by atoms with Crippen LogP contribution in [0, 0.1) is 0 Å². The highest BCUT2D eigenvalue weighted by atomic mass is 32.2. The first kappa shape index (κ1) is 15.5. The van der Waals surface area contributed by atoms with Crippen molar-refractivity contribution in [3.63, 3.8) is 0 Å². The van der Waals surface area contributed by atoms with E-state index in [1.807, 2.05) is 6.92 Å². The van der Waals surface area contributed by atoms with E-state index in [4.69, 9.17) is 0 Å². The van der Waals surface area contributed by atoms with E-state index in [0.29, 0.717) is 6.42 Å². The fourth-order valence-electron chi connectivity index (χ4n) is 2.31. The third kappa shape index (κ3) is 3.05. The lowest BCUT2D eigenvalue weighted by Gasteiger charge is -2.16. The fraction of sp³-hybridized carbons (Fsp3) is 0.538. The highest BCUT2D eigenvalue weighted by Gasteiger charge is 2.36. The van der Waals surface area contributed by atoms with Crippen molar-refractivity contribution in [2.24, 2.45) is 0 Å². The first-order valence-electron chi connectivity index (χ1n) is 6.53. The quantitative estimate of drug-likeness (QED) is 0.832. The number of sulfonamides is 1. The molecule has 1 atom stereocenters. The Balaban J connectivity index is 2.23. The fourth-order valence-corrected chi connectivity index (χ4v) is 4.89. The number of hydrogen-bond donors (Lipinski definition) is 0. The van der Waals surface area contributed by atoms with E-state index in [1.165, 1.54) is 4.31 Å². The SMILES string of the molecule is CCc1ccc(S(=O)(=O)N2CCC(S(C)(=O)=O)C2)cc1. The molecule has 20 heavy (non-hydrogen) atoms. The Morgan fingerprint density at radius 3 is 2.20 bits per heavy atom. The summed E-state index contributed by atoms with van der Waals surface area (Å²) < 4.78 is 49.1. The minimum atomic E-state index is -3.59. The van der Waals surface area contributed by atoms with Crippen molar-refractivity contribution in [2.75, 3.05) is 19.3 Å². The smallest absolute Gasteiger partial charge is 0.229 e. The molecule has 1 aliphatic heterocycles. The van der Waals surface area contributed by atoms with Gasteiger partial charge in [-0.2, -0.15) is 4.31 Å². The molecule has 0 saturated carbocycles. The second-order valence-corrected chi connectivity index (χ2v) is 9.36. The molecule has 0 aromatic heterocycles. The molecule has 1 aromatic carbocycles. The molecule has 0 N–H and O–H groups in total. The second-order valence-electron chi connectivity index (χ2n) is 5.10. The third-order valence-electron chi connectivity index (χ3n) is 3.68. The van der Waals surface area contributed by atoms with E-state index in [1.54, 1.807) is 24.3 Å². The van der Waals surface area contributed by atoms with Crippen molar-refractivity contribution in [1.29, 1.82) is 0 Å². The Morgan fingerprint density at radius 2 is 1.75 bits per heavy atom. The molecule has 112 valence electrons. The minimum Gasteiger partial charge on any atom is -0.229 e. The molecule has 1 unspecified atom stereocenters. The van der Waals surface area contributed by atoms with Crippen LogP contribution in [0.15, 0.2) is 29.2 Å². The van der Waals surface area contributed by atoms with Gasteiger partial charge in [-0.3, -0.25) is 0 Å². The number of benzene rings is 1. The number of hydrogen-bond acceptors (Lipinski definition) is 4. The lowest BCUT2D eigenvalue weighted by Crippen LogP contribution is -2.31. The van der Waals surface area contributed by atoms with Gasteiger partial charge in [0.15, 0.2) is 9.84 Å². The first-order valence-corrected chi connectivity index (χ1v) is 9.92. The highest BCUT2D eigenvalue weighted by Crippen LogP contribution is 2.24. The Hall–Kier alpha value is -0.920. The van der Waals surface area contributed by atoms with Gasteiger partial charge in [0.05, 0.1) is 10.1 Å². The topological polar surface area (TPSA) is 71.5 Å². The monoisotopic (exact) mass is 317 g/mol. The van der Waals surface area contributed by atoms with Crippen molar-refractivity contribution >= 4 is 19.9 Å². The predicted octanol–water partition coefficient (Wildman–Crippen LogP) is 1.06. The molecular weight excluding hydrogens is 298 g/mol. The summed E-state index contributed by atoms with van der Waals surface area (Å²) in [4.78, 5) is 0.226. The van der Waals surface area contributed by atoms with Gasteiger partial charge in [0, 0.05) is 19.3 Å². The second kappa shape index (κ2) is 5.46. The summed E-state index contributed by atoms with van der Waals surface area (Å²) >= 11 is 0. The lowest BCUT2D eigenvalue weighted by atomic mass is 10.2. The third-order valence-corrected chi connectivity index (χ3v) is 7.16. The largest absolute Gasteiger partial charge is 0.243 e. The van der Waals surface area contributed by atoms with Crippen molar-refractivity contribution < 1.29 is 16.8 Å². The molecule has 5 nitrogen and oxygen atoms in total. The summed E-state index contributed by atoms with van der Waals surface area (Å²) in [6.45, 7) is 2.31. The molecule has 7 heteroatoms. The van der Waals surface area contributed by atoms with Crippen LogP contribution in [0.5, 0.6) is 0 Å². The molecule has 0 spiro atoms. The van der Waals surface area contributed by atoms with Gasteiger partial charge in [-0.05, 0) is 30.5 Å². The number of rotatable bonds is 4. The Kier molecular flexibility index (Phi) is 4.22. The summed E-state index contributed by atoms with van der Waals surface area (Å²) in [7, 11) is -6.78. The normalized spacial score (nSPS) is 21.2. The summed E-state index contributed by atoms with van der Waals surface area (Å²) in [5, 5.41) is -0.591. The molecule has 1 saturated heterocycles. The van der Waals surface area contributed by atoms with Gasteiger partial charge in [0.25, 0.3) is 0 Å². The molecule has 0 radical (unpaired) electrons. The van der Waals surface area contributed by atoms with Gasteiger partial charge in [-0.1, -0.05) is 19.1 Å². The Labute approximate surface area is 120 Å². The van der Waals surface area contributed by atoms with Crippen molar-refractivity contribution in [3.8, 4) is 0 Å². The van der Waals surface area contributed by atoms with Gasteiger partial charge < -0.3 is 0 Å². The van der Waals surface area contributed by atoms with Crippen LogP contribution in [0.1, 0.15) is 18.9 Å². The van der Waals surface area contributed by atoms with Crippen LogP contribution in [0.2, 0.25) is 0 Å². The molecule has 1 aromatic rings. The zero-order valence-corrected chi connectivity index (χ0v) is 13.2. The number of aryl methyl sites for hydroxylation is 1. The minimum absolute atomic E-state index is 0.0523. The zero-order chi connectivity index (χ0) is 15.0. The maximum atomic E-state index is 12.4. The van der Waals surface area contributed by atoms with Crippen molar-refractivity contribution in [1.82, 2.24) is 4.31 Å². The van der Waals surface area contributed by atoms with E-state index in [0.717, 1.165) is 18.2 Å². The maximum absolute atomic E-state index is 12.4. The summed E-state index contributed by atoms with van der Waals surface area (Å²) in [6.07, 6.45) is 2.37. The standard InChI is InChI=1S/C13H19NO4S2/c1-3-11-4-6-12(7-5-11)20(17,18)14-9-8-13(10-14)19(2,15)16/h4-7,13H,3,8-10H2,1-2H3. The molecule has 0 amide bonds. The highest BCUT2D eigenvalue weighted by molar-refractivity contribution is 7.91. The molecule has 1 heterocycles. The lowest BCUT2D eigenvalue weighted by molar-refractivity contribution is 0.477. The van der Waals surface area contributed by atoms with Gasteiger partial charge >= 0.3 is 0 Å². The zero-order valence-electron chi connectivity index (χ0n) is 11.6. The molecule has 1 fully saturated rings. The molecular formula is C13H19NO4S2. The van der Waals surface area contributed by atoms with Crippen LogP contribution >= 0.6 is 0 Å². The Bertz CT molecular complexity index is 678. The summed E-state index contributed by atoms with van der Waals surface area (Å²) in [5.74, 6) is 0. The van der Waals surface area contributed by atoms with Crippen LogP contribution in [0.25, 0.3) is 0 Å².